The Kier molecular flexibility index (Phi) is 3.09. The first kappa shape index (κ1) is 9.95. The molecule has 2 N–H and O–H groups in total. The molecule has 2 unspecified atom stereocenters. The highest BCUT2D eigenvalue weighted by Crippen LogP contribution is 2.09. The summed E-state index contributed by atoms with van der Waals surface area (Å²) >= 11 is 0. The molecule has 0 radical (unpaired) electrons. The summed E-state index contributed by atoms with van der Waals surface area (Å²) in [6.45, 7) is 2.89. The van der Waals surface area contributed by atoms with Crippen LogP contribution in [0.4, 0.5) is 0 Å². The van der Waals surface area contributed by atoms with Crippen LogP contribution in [0.15, 0.2) is 0 Å². The van der Waals surface area contributed by atoms with Crippen LogP contribution in [0.1, 0.15) is 19.8 Å². The van der Waals surface area contributed by atoms with E-state index in [4.69, 9.17) is 0 Å². The number of rotatable bonds is 3. The predicted molar refractivity (Wildman–Crippen MR) is 48.5 cm³/mol. The summed E-state index contributed by atoms with van der Waals surface area (Å²) < 4.78 is 24.3. The SMILES string of the molecule is CC(NS(C)(=O)=O)C1CCCN1. The zero-order chi connectivity index (χ0) is 9.19. The van der Waals surface area contributed by atoms with Crippen molar-refractivity contribution < 1.29 is 8.42 Å². The lowest BCUT2D eigenvalue weighted by Gasteiger charge is -2.19. The minimum absolute atomic E-state index is 0.00231. The number of hydrogen-bond acceptors (Lipinski definition) is 3. The first-order valence-corrected chi connectivity index (χ1v) is 6.09. The number of sulfonamides is 1. The molecule has 1 saturated heterocycles. The van der Waals surface area contributed by atoms with E-state index in [1.807, 2.05) is 6.92 Å². The van der Waals surface area contributed by atoms with Gasteiger partial charge in [-0.3, -0.25) is 0 Å². The molecule has 0 aromatic carbocycles. The van der Waals surface area contributed by atoms with E-state index in [1.165, 1.54) is 6.26 Å². The average Bonchev–Trinajstić information content (AvgIpc) is 2.32. The Morgan fingerprint density at radius 2 is 2.25 bits per heavy atom. The van der Waals surface area contributed by atoms with E-state index < -0.39 is 10.0 Å². The van der Waals surface area contributed by atoms with Crippen molar-refractivity contribution in [3.8, 4) is 0 Å². The van der Waals surface area contributed by atoms with Crippen molar-refractivity contribution >= 4 is 10.0 Å². The lowest BCUT2D eigenvalue weighted by atomic mass is 10.1. The first-order valence-electron chi connectivity index (χ1n) is 4.20. The monoisotopic (exact) mass is 192 g/mol. The summed E-state index contributed by atoms with van der Waals surface area (Å²) in [7, 11) is -3.05. The Morgan fingerprint density at radius 3 is 2.67 bits per heavy atom. The molecule has 0 aromatic rings. The fourth-order valence-electron chi connectivity index (χ4n) is 1.56. The van der Waals surface area contributed by atoms with Crippen LogP contribution in [0.2, 0.25) is 0 Å². The molecule has 1 aliphatic heterocycles. The highest BCUT2D eigenvalue weighted by molar-refractivity contribution is 7.88. The number of hydrogen-bond donors (Lipinski definition) is 2. The van der Waals surface area contributed by atoms with Crippen LogP contribution < -0.4 is 10.0 Å². The third-order valence-corrected chi connectivity index (χ3v) is 2.90. The summed E-state index contributed by atoms with van der Waals surface area (Å²) in [5.74, 6) is 0. The van der Waals surface area contributed by atoms with Crippen LogP contribution in [0.5, 0.6) is 0 Å². The third kappa shape index (κ3) is 3.08. The van der Waals surface area contributed by atoms with E-state index in [0.29, 0.717) is 6.04 Å². The van der Waals surface area contributed by atoms with Gasteiger partial charge in [-0.05, 0) is 26.3 Å². The lowest BCUT2D eigenvalue weighted by Crippen LogP contribution is -2.44. The van der Waals surface area contributed by atoms with E-state index in [1.54, 1.807) is 0 Å². The normalized spacial score (nSPS) is 27.3. The van der Waals surface area contributed by atoms with Crippen molar-refractivity contribution in [3.63, 3.8) is 0 Å². The van der Waals surface area contributed by atoms with Crippen molar-refractivity contribution in [1.29, 1.82) is 0 Å². The third-order valence-electron chi connectivity index (χ3n) is 2.10. The zero-order valence-electron chi connectivity index (χ0n) is 7.50. The van der Waals surface area contributed by atoms with Gasteiger partial charge in [-0.1, -0.05) is 0 Å². The molecule has 0 aliphatic carbocycles. The minimum atomic E-state index is -3.05. The van der Waals surface area contributed by atoms with Crippen molar-refractivity contribution in [2.24, 2.45) is 0 Å². The van der Waals surface area contributed by atoms with Crippen molar-refractivity contribution in [1.82, 2.24) is 10.0 Å². The van der Waals surface area contributed by atoms with Crippen LogP contribution in [0.3, 0.4) is 0 Å². The van der Waals surface area contributed by atoms with Gasteiger partial charge >= 0.3 is 0 Å². The van der Waals surface area contributed by atoms with E-state index in [0.717, 1.165) is 19.4 Å². The molecule has 1 heterocycles. The molecular formula is C7H16N2O2S. The molecular weight excluding hydrogens is 176 g/mol. The van der Waals surface area contributed by atoms with Gasteiger partial charge in [-0.15, -0.1) is 0 Å². The maximum Gasteiger partial charge on any atom is 0.208 e. The molecule has 1 fully saturated rings. The van der Waals surface area contributed by atoms with Crippen LogP contribution in [0.25, 0.3) is 0 Å². The Balaban J connectivity index is 2.42. The molecule has 5 heteroatoms. The second kappa shape index (κ2) is 3.72. The van der Waals surface area contributed by atoms with Gasteiger partial charge in [0.05, 0.1) is 6.26 Å². The van der Waals surface area contributed by atoms with Gasteiger partial charge in [0.25, 0.3) is 0 Å². The van der Waals surface area contributed by atoms with Gasteiger partial charge in [-0.25, -0.2) is 13.1 Å². The maximum absolute atomic E-state index is 10.9. The number of nitrogens with one attached hydrogen (secondary N) is 2. The first-order chi connectivity index (χ1) is 5.49. The summed E-state index contributed by atoms with van der Waals surface area (Å²) in [5.41, 5.74) is 0. The average molecular weight is 192 g/mol. The predicted octanol–water partition coefficient (Wildman–Crippen LogP) is -0.324. The molecule has 0 saturated carbocycles. The second-order valence-corrected chi connectivity index (χ2v) is 5.16. The molecule has 72 valence electrons. The summed E-state index contributed by atoms with van der Waals surface area (Å²) in [4.78, 5) is 0. The summed E-state index contributed by atoms with van der Waals surface area (Å²) in [6, 6.07) is 0.308. The second-order valence-electron chi connectivity index (χ2n) is 3.38. The molecule has 12 heavy (non-hydrogen) atoms. The van der Waals surface area contributed by atoms with E-state index in [2.05, 4.69) is 10.0 Å². The van der Waals surface area contributed by atoms with Gasteiger partial charge in [0.1, 0.15) is 0 Å². The minimum Gasteiger partial charge on any atom is -0.312 e. The van der Waals surface area contributed by atoms with Gasteiger partial charge in [0.2, 0.25) is 10.0 Å². The molecule has 1 aliphatic rings. The van der Waals surface area contributed by atoms with Gasteiger partial charge in [-0.2, -0.15) is 0 Å². The quantitative estimate of drug-likeness (QED) is 0.644. The molecule has 4 nitrogen and oxygen atoms in total. The van der Waals surface area contributed by atoms with E-state index >= 15 is 0 Å². The van der Waals surface area contributed by atoms with Crippen molar-refractivity contribution in [2.45, 2.75) is 31.8 Å². The van der Waals surface area contributed by atoms with Crippen LogP contribution in [-0.2, 0) is 10.0 Å². The molecule has 0 amide bonds. The Hall–Kier alpha value is -0.130. The fraction of sp³-hybridized carbons (Fsp3) is 1.00. The Bertz CT molecular complexity index is 232. The molecule has 0 spiro atoms. The van der Waals surface area contributed by atoms with Crippen LogP contribution in [0, 0.1) is 0 Å². The van der Waals surface area contributed by atoms with Crippen LogP contribution >= 0.6 is 0 Å². The van der Waals surface area contributed by atoms with Crippen molar-refractivity contribution in [3.05, 3.63) is 0 Å². The maximum atomic E-state index is 10.9. The van der Waals surface area contributed by atoms with Gasteiger partial charge < -0.3 is 5.32 Å². The molecule has 1 rings (SSSR count). The Morgan fingerprint density at radius 1 is 1.58 bits per heavy atom. The fourth-order valence-corrected chi connectivity index (χ4v) is 2.40. The van der Waals surface area contributed by atoms with Crippen LogP contribution in [-0.4, -0.2) is 33.3 Å². The Labute approximate surface area is 73.8 Å². The van der Waals surface area contributed by atoms with Crippen molar-refractivity contribution in [2.75, 3.05) is 12.8 Å². The standard InChI is InChI=1S/C7H16N2O2S/c1-6(9-12(2,10)11)7-4-3-5-8-7/h6-9H,3-5H2,1-2H3. The van der Waals surface area contributed by atoms with Gasteiger partial charge in [0, 0.05) is 12.1 Å². The molecule has 0 bridgehead atoms. The molecule has 2 atom stereocenters. The molecule has 0 aromatic heterocycles. The highest BCUT2D eigenvalue weighted by atomic mass is 32.2. The summed E-state index contributed by atoms with van der Waals surface area (Å²) in [6.07, 6.45) is 3.39. The van der Waals surface area contributed by atoms with E-state index in [9.17, 15) is 8.42 Å². The summed E-state index contributed by atoms with van der Waals surface area (Å²) in [5, 5.41) is 3.25. The lowest BCUT2D eigenvalue weighted by molar-refractivity contribution is 0.472. The smallest absolute Gasteiger partial charge is 0.208 e. The largest absolute Gasteiger partial charge is 0.312 e. The zero-order valence-corrected chi connectivity index (χ0v) is 8.32. The van der Waals surface area contributed by atoms with E-state index in [-0.39, 0.29) is 6.04 Å². The van der Waals surface area contributed by atoms with Gasteiger partial charge in [0.15, 0.2) is 0 Å². The highest BCUT2D eigenvalue weighted by Gasteiger charge is 2.22. The topological polar surface area (TPSA) is 58.2 Å².